The van der Waals surface area contributed by atoms with Crippen LogP contribution in [0, 0.1) is 6.92 Å². The fraction of sp³-hybridized carbons (Fsp3) is 0.500. The SMILES string of the molecule is CCOC(=O)c1c(NC(=S)NNC(=O)c2csc(C)c2CC)sc2c1CCCCCC2. The van der Waals surface area contributed by atoms with Gasteiger partial charge in [-0.25, -0.2) is 4.79 Å². The van der Waals surface area contributed by atoms with Gasteiger partial charge in [-0.2, -0.15) is 0 Å². The van der Waals surface area contributed by atoms with Crippen LogP contribution in [-0.2, 0) is 24.0 Å². The van der Waals surface area contributed by atoms with Crippen molar-refractivity contribution >= 4 is 56.9 Å². The third-order valence-corrected chi connectivity index (χ3v) is 7.73. The molecule has 3 N–H and O–H groups in total. The molecule has 1 amide bonds. The number of amides is 1. The Hall–Kier alpha value is -1.97. The Morgan fingerprint density at radius 3 is 2.58 bits per heavy atom. The molecule has 0 spiro atoms. The molecule has 1 aliphatic carbocycles. The van der Waals surface area contributed by atoms with E-state index in [1.54, 1.807) is 29.6 Å². The molecule has 1 aliphatic rings. The molecule has 0 radical (unpaired) electrons. The van der Waals surface area contributed by atoms with Crippen LogP contribution in [-0.4, -0.2) is 23.6 Å². The summed E-state index contributed by atoms with van der Waals surface area (Å²) in [6, 6.07) is 0. The van der Waals surface area contributed by atoms with Gasteiger partial charge in [-0.1, -0.05) is 19.8 Å². The second kappa shape index (κ2) is 11.1. The fourth-order valence-electron chi connectivity index (χ4n) is 3.85. The number of carbonyl (C=O) groups excluding carboxylic acids is 2. The maximum Gasteiger partial charge on any atom is 0.341 e. The van der Waals surface area contributed by atoms with E-state index < -0.39 is 0 Å². The predicted octanol–water partition coefficient (Wildman–Crippen LogP) is 5.15. The molecule has 3 rings (SSSR count). The third kappa shape index (κ3) is 5.64. The van der Waals surface area contributed by atoms with Gasteiger partial charge in [0.1, 0.15) is 5.00 Å². The van der Waals surface area contributed by atoms with E-state index in [1.165, 1.54) is 17.7 Å². The number of aryl methyl sites for hydroxylation is 2. The topological polar surface area (TPSA) is 79.5 Å². The lowest BCUT2D eigenvalue weighted by molar-refractivity contribution is 0.0526. The number of anilines is 1. The number of hydrogen-bond donors (Lipinski definition) is 3. The average molecular weight is 480 g/mol. The molecule has 2 aromatic heterocycles. The first-order chi connectivity index (χ1) is 15.0. The molecule has 0 unspecified atom stereocenters. The number of carbonyl (C=O) groups is 2. The van der Waals surface area contributed by atoms with Crippen molar-refractivity contribution in [3.05, 3.63) is 37.4 Å². The van der Waals surface area contributed by atoms with Crippen molar-refractivity contribution < 1.29 is 14.3 Å². The van der Waals surface area contributed by atoms with Gasteiger partial charge < -0.3 is 10.1 Å². The molecule has 31 heavy (non-hydrogen) atoms. The van der Waals surface area contributed by atoms with Crippen molar-refractivity contribution in [3.63, 3.8) is 0 Å². The zero-order valence-electron chi connectivity index (χ0n) is 18.2. The Morgan fingerprint density at radius 1 is 1.13 bits per heavy atom. The highest BCUT2D eigenvalue weighted by molar-refractivity contribution is 7.80. The van der Waals surface area contributed by atoms with Crippen LogP contribution in [0.4, 0.5) is 5.00 Å². The maximum atomic E-state index is 12.7. The van der Waals surface area contributed by atoms with Gasteiger partial charge in [-0.3, -0.25) is 15.6 Å². The van der Waals surface area contributed by atoms with Crippen LogP contribution in [0.1, 0.15) is 81.1 Å². The Kier molecular flexibility index (Phi) is 8.45. The summed E-state index contributed by atoms with van der Waals surface area (Å²) in [5.74, 6) is -0.550. The molecule has 0 aliphatic heterocycles. The van der Waals surface area contributed by atoms with Crippen molar-refractivity contribution in [1.82, 2.24) is 10.9 Å². The van der Waals surface area contributed by atoms with Crippen molar-refractivity contribution in [3.8, 4) is 0 Å². The van der Waals surface area contributed by atoms with Gasteiger partial charge in [0.25, 0.3) is 5.91 Å². The van der Waals surface area contributed by atoms with E-state index in [0.717, 1.165) is 48.1 Å². The second-order valence-corrected chi connectivity index (χ2v) is 10.0. The van der Waals surface area contributed by atoms with Gasteiger partial charge in [0, 0.05) is 15.1 Å². The summed E-state index contributed by atoms with van der Waals surface area (Å²) in [4.78, 5) is 27.6. The minimum atomic E-state index is -0.323. The number of rotatable bonds is 5. The largest absolute Gasteiger partial charge is 0.462 e. The zero-order chi connectivity index (χ0) is 22.4. The molecule has 9 heteroatoms. The first-order valence-electron chi connectivity index (χ1n) is 10.7. The van der Waals surface area contributed by atoms with Crippen LogP contribution in [0.3, 0.4) is 0 Å². The summed E-state index contributed by atoms with van der Waals surface area (Å²) in [6.45, 7) is 6.17. The van der Waals surface area contributed by atoms with Crippen molar-refractivity contribution in [2.24, 2.45) is 0 Å². The van der Waals surface area contributed by atoms with Gasteiger partial charge in [0.2, 0.25) is 0 Å². The summed E-state index contributed by atoms with van der Waals surface area (Å²) >= 11 is 8.52. The molecule has 0 saturated heterocycles. The number of nitrogens with one attached hydrogen (secondary N) is 3. The normalized spacial score (nSPS) is 13.5. The number of hydrazine groups is 1. The van der Waals surface area contributed by atoms with Gasteiger partial charge in [0.15, 0.2) is 5.11 Å². The number of hydrogen-bond acceptors (Lipinski definition) is 6. The molecule has 0 aromatic carbocycles. The first kappa shape index (κ1) is 23.7. The number of thiocarbonyl (C=S) groups is 1. The van der Waals surface area contributed by atoms with E-state index in [9.17, 15) is 9.59 Å². The molecule has 6 nitrogen and oxygen atoms in total. The molecule has 2 aromatic rings. The highest BCUT2D eigenvalue weighted by Gasteiger charge is 2.26. The lowest BCUT2D eigenvalue weighted by Gasteiger charge is -2.13. The second-order valence-electron chi connectivity index (χ2n) is 7.41. The van der Waals surface area contributed by atoms with Crippen LogP contribution < -0.4 is 16.2 Å². The highest BCUT2D eigenvalue weighted by atomic mass is 32.1. The highest BCUT2D eigenvalue weighted by Crippen LogP contribution is 2.37. The Balaban J connectivity index is 1.73. The van der Waals surface area contributed by atoms with Crippen LogP contribution in [0.15, 0.2) is 5.38 Å². The van der Waals surface area contributed by atoms with E-state index in [2.05, 4.69) is 16.2 Å². The van der Waals surface area contributed by atoms with Crippen molar-refractivity contribution in [2.75, 3.05) is 11.9 Å². The number of fused-ring (bicyclic) bond motifs is 1. The smallest absolute Gasteiger partial charge is 0.341 e. The standard InChI is InChI=1S/C22H29N3O3S3/c1-4-14-13(3)30-12-16(14)19(26)24-25-22(29)23-20-18(21(27)28-5-2)15-10-8-6-7-9-11-17(15)31-20/h12H,4-11H2,1-3H3,(H,24,26)(H2,23,25,29). The first-order valence-corrected chi connectivity index (χ1v) is 12.8. The zero-order valence-corrected chi connectivity index (χ0v) is 20.6. The third-order valence-electron chi connectivity index (χ3n) is 5.37. The van der Waals surface area contributed by atoms with Crippen molar-refractivity contribution in [1.29, 1.82) is 0 Å². The monoisotopic (exact) mass is 479 g/mol. The minimum Gasteiger partial charge on any atom is -0.462 e. The quantitative estimate of drug-likeness (QED) is 0.313. The summed E-state index contributed by atoms with van der Waals surface area (Å²) < 4.78 is 5.33. The molecule has 2 heterocycles. The van der Waals surface area contributed by atoms with Gasteiger partial charge in [-0.15, -0.1) is 22.7 Å². The Labute approximate surface area is 196 Å². The molecule has 0 atom stereocenters. The van der Waals surface area contributed by atoms with Gasteiger partial charge in [-0.05, 0) is 69.3 Å². The molecule has 0 saturated carbocycles. The predicted molar refractivity (Wildman–Crippen MR) is 131 cm³/mol. The van der Waals surface area contributed by atoms with E-state index >= 15 is 0 Å². The van der Waals surface area contributed by atoms with E-state index in [0.29, 0.717) is 22.7 Å². The summed E-state index contributed by atoms with van der Waals surface area (Å²) in [6.07, 6.45) is 7.20. The van der Waals surface area contributed by atoms with Crippen LogP contribution in [0.2, 0.25) is 0 Å². The summed E-state index contributed by atoms with van der Waals surface area (Å²) in [5, 5.41) is 5.89. The fourth-order valence-corrected chi connectivity index (χ4v) is 6.29. The van der Waals surface area contributed by atoms with Gasteiger partial charge >= 0.3 is 5.97 Å². The maximum absolute atomic E-state index is 12.7. The Morgan fingerprint density at radius 2 is 1.87 bits per heavy atom. The number of esters is 1. The van der Waals surface area contributed by atoms with Crippen LogP contribution in [0.5, 0.6) is 0 Å². The number of thiophene rings is 2. The van der Waals surface area contributed by atoms with Gasteiger partial charge in [0.05, 0.1) is 17.7 Å². The molecular formula is C22H29N3O3S3. The lowest BCUT2D eigenvalue weighted by atomic mass is 9.96. The Bertz CT molecular complexity index is 965. The molecular weight excluding hydrogens is 450 g/mol. The van der Waals surface area contributed by atoms with Crippen LogP contribution in [0.25, 0.3) is 0 Å². The lowest BCUT2D eigenvalue weighted by Crippen LogP contribution is -2.44. The molecule has 0 bridgehead atoms. The van der Waals surface area contributed by atoms with E-state index in [4.69, 9.17) is 17.0 Å². The molecule has 0 fully saturated rings. The van der Waals surface area contributed by atoms with Crippen molar-refractivity contribution in [2.45, 2.75) is 65.7 Å². The van der Waals surface area contributed by atoms with Crippen LogP contribution >= 0.6 is 34.9 Å². The minimum absolute atomic E-state index is 0.227. The molecule has 168 valence electrons. The van der Waals surface area contributed by atoms with E-state index in [-0.39, 0.29) is 17.0 Å². The average Bonchev–Trinajstić information content (AvgIpc) is 3.26. The summed E-state index contributed by atoms with van der Waals surface area (Å²) in [7, 11) is 0. The van der Waals surface area contributed by atoms with E-state index in [1.807, 2.05) is 19.2 Å². The summed E-state index contributed by atoms with van der Waals surface area (Å²) in [5.41, 5.74) is 8.81. The number of ether oxygens (including phenoxy) is 1.